The Hall–Kier alpha value is -1.64. The van der Waals surface area contributed by atoms with Gasteiger partial charge in [-0.2, -0.15) is 0 Å². The van der Waals surface area contributed by atoms with E-state index in [4.69, 9.17) is 4.42 Å². The van der Waals surface area contributed by atoms with Crippen LogP contribution in [-0.4, -0.2) is 4.98 Å². The lowest BCUT2D eigenvalue weighted by atomic mass is 10.1. The first kappa shape index (κ1) is 8.94. The van der Waals surface area contributed by atoms with E-state index in [-0.39, 0.29) is 5.82 Å². The number of hydrogen-bond donors (Lipinski definition) is 0. The van der Waals surface area contributed by atoms with Crippen molar-refractivity contribution in [1.82, 2.24) is 4.98 Å². The van der Waals surface area contributed by atoms with E-state index in [0.29, 0.717) is 11.3 Å². The summed E-state index contributed by atoms with van der Waals surface area (Å²) in [5.74, 6) is 0.405. The zero-order valence-electron chi connectivity index (χ0n) is 8.04. The van der Waals surface area contributed by atoms with E-state index in [2.05, 4.69) is 4.98 Å². The molecule has 3 heteroatoms. The third-order valence-corrected chi connectivity index (χ3v) is 2.18. The molecule has 0 aliphatic carbocycles. The molecule has 0 aliphatic heterocycles. The summed E-state index contributed by atoms with van der Waals surface area (Å²) < 4.78 is 18.4. The van der Waals surface area contributed by atoms with E-state index in [1.54, 1.807) is 13.0 Å². The molecule has 0 unspecified atom stereocenters. The summed E-state index contributed by atoms with van der Waals surface area (Å²) in [5, 5.41) is 0. The maximum atomic E-state index is 13.2. The van der Waals surface area contributed by atoms with Crippen LogP contribution in [0.2, 0.25) is 0 Å². The Labute approximate surface area is 81.4 Å². The highest BCUT2D eigenvalue weighted by molar-refractivity contribution is 5.59. The van der Waals surface area contributed by atoms with Gasteiger partial charge in [-0.25, -0.2) is 9.37 Å². The van der Waals surface area contributed by atoms with Crippen molar-refractivity contribution in [3.05, 3.63) is 41.7 Å². The van der Waals surface area contributed by atoms with Crippen molar-refractivity contribution in [2.75, 3.05) is 0 Å². The molecule has 1 aromatic carbocycles. The molecule has 2 nitrogen and oxygen atoms in total. The van der Waals surface area contributed by atoms with Crippen LogP contribution in [-0.2, 0) is 0 Å². The van der Waals surface area contributed by atoms with Crippen LogP contribution in [0.1, 0.15) is 11.3 Å². The Morgan fingerprint density at radius 1 is 1.29 bits per heavy atom. The second kappa shape index (κ2) is 3.25. The number of benzene rings is 1. The smallest absolute Gasteiger partial charge is 0.181 e. The van der Waals surface area contributed by atoms with Gasteiger partial charge in [0.2, 0.25) is 0 Å². The quantitative estimate of drug-likeness (QED) is 0.692. The van der Waals surface area contributed by atoms with Crippen molar-refractivity contribution in [1.29, 1.82) is 0 Å². The van der Waals surface area contributed by atoms with Gasteiger partial charge in [-0.1, -0.05) is 12.1 Å². The lowest BCUT2D eigenvalue weighted by molar-refractivity contribution is 0.569. The molecule has 14 heavy (non-hydrogen) atoms. The first-order valence-electron chi connectivity index (χ1n) is 4.35. The van der Waals surface area contributed by atoms with Crippen molar-refractivity contribution in [3.63, 3.8) is 0 Å². The molecule has 0 spiro atoms. The van der Waals surface area contributed by atoms with Crippen LogP contribution >= 0.6 is 0 Å². The van der Waals surface area contributed by atoms with Crippen LogP contribution in [0.15, 0.2) is 29.0 Å². The highest BCUT2D eigenvalue weighted by Gasteiger charge is 2.08. The summed E-state index contributed by atoms with van der Waals surface area (Å²) >= 11 is 0. The summed E-state index contributed by atoms with van der Waals surface area (Å²) in [5.41, 5.74) is 2.13. The zero-order chi connectivity index (χ0) is 10.1. The van der Waals surface area contributed by atoms with Gasteiger partial charge in [-0.15, -0.1) is 0 Å². The Morgan fingerprint density at radius 2 is 2.07 bits per heavy atom. The van der Waals surface area contributed by atoms with Gasteiger partial charge in [0, 0.05) is 5.56 Å². The Morgan fingerprint density at radius 3 is 2.64 bits per heavy atom. The fourth-order valence-corrected chi connectivity index (χ4v) is 1.31. The van der Waals surface area contributed by atoms with Crippen LogP contribution in [0.3, 0.4) is 0 Å². The molecule has 0 aliphatic rings. The molecule has 2 aromatic rings. The molecule has 2 rings (SSSR count). The molecule has 0 saturated carbocycles. The second-order valence-corrected chi connectivity index (χ2v) is 3.23. The fraction of sp³-hybridized carbons (Fsp3) is 0.182. The monoisotopic (exact) mass is 191 g/mol. The average molecular weight is 191 g/mol. The molecular weight excluding hydrogens is 181 g/mol. The van der Waals surface area contributed by atoms with Gasteiger partial charge in [-0.3, -0.25) is 0 Å². The van der Waals surface area contributed by atoms with Gasteiger partial charge < -0.3 is 4.42 Å². The van der Waals surface area contributed by atoms with Gasteiger partial charge in [0.25, 0.3) is 0 Å². The van der Waals surface area contributed by atoms with E-state index < -0.39 is 0 Å². The first-order chi connectivity index (χ1) is 6.68. The van der Waals surface area contributed by atoms with Gasteiger partial charge >= 0.3 is 0 Å². The highest BCUT2D eigenvalue weighted by atomic mass is 19.1. The highest BCUT2D eigenvalue weighted by Crippen LogP contribution is 2.24. The lowest BCUT2D eigenvalue weighted by Gasteiger charge is -2.00. The van der Waals surface area contributed by atoms with Crippen molar-refractivity contribution in [3.8, 4) is 11.3 Å². The number of halogens is 1. The molecule has 1 heterocycles. The van der Waals surface area contributed by atoms with Gasteiger partial charge in [-0.05, 0) is 25.5 Å². The van der Waals surface area contributed by atoms with Crippen LogP contribution in [0, 0.1) is 19.7 Å². The predicted octanol–water partition coefficient (Wildman–Crippen LogP) is 3.10. The second-order valence-electron chi connectivity index (χ2n) is 3.23. The van der Waals surface area contributed by atoms with Crippen LogP contribution in [0.5, 0.6) is 0 Å². The maximum Gasteiger partial charge on any atom is 0.181 e. The predicted molar refractivity (Wildman–Crippen MR) is 51.4 cm³/mol. The minimum Gasteiger partial charge on any atom is -0.443 e. The van der Waals surface area contributed by atoms with E-state index in [1.165, 1.54) is 12.5 Å². The van der Waals surface area contributed by atoms with Crippen molar-refractivity contribution < 1.29 is 8.81 Å². The lowest BCUT2D eigenvalue weighted by Crippen LogP contribution is -1.84. The Bertz CT molecular complexity index is 462. The summed E-state index contributed by atoms with van der Waals surface area (Å²) in [4.78, 5) is 3.96. The number of hydrogen-bond acceptors (Lipinski definition) is 2. The topological polar surface area (TPSA) is 26.0 Å². The first-order valence-corrected chi connectivity index (χ1v) is 4.35. The Balaban J connectivity index is 2.53. The summed E-state index contributed by atoms with van der Waals surface area (Å²) in [6, 6.07) is 5.02. The van der Waals surface area contributed by atoms with Gasteiger partial charge in [0.1, 0.15) is 5.82 Å². The van der Waals surface area contributed by atoms with Crippen LogP contribution in [0.25, 0.3) is 11.3 Å². The number of aromatic nitrogens is 1. The van der Waals surface area contributed by atoms with Gasteiger partial charge in [0.15, 0.2) is 12.2 Å². The minimum atomic E-state index is -0.224. The Kier molecular flexibility index (Phi) is 2.08. The molecule has 0 radical (unpaired) electrons. The average Bonchev–Trinajstić information content (AvgIpc) is 2.57. The fourth-order valence-electron chi connectivity index (χ4n) is 1.31. The largest absolute Gasteiger partial charge is 0.443 e. The summed E-state index contributed by atoms with van der Waals surface area (Å²) in [6.07, 6.45) is 1.36. The molecule has 0 amide bonds. The van der Waals surface area contributed by atoms with Crippen LogP contribution < -0.4 is 0 Å². The van der Waals surface area contributed by atoms with Crippen molar-refractivity contribution in [2.24, 2.45) is 0 Å². The molecular formula is C11H10FNO. The number of nitrogens with zero attached hydrogens (tertiary/aromatic N) is 1. The SMILES string of the molecule is Cc1ccc(-c2ocnc2C)cc1F. The molecule has 0 bridgehead atoms. The summed E-state index contributed by atoms with van der Waals surface area (Å²) in [6.45, 7) is 3.56. The minimum absolute atomic E-state index is 0.224. The normalized spacial score (nSPS) is 10.5. The molecule has 0 N–H and O–H groups in total. The van der Waals surface area contributed by atoms with E-state index in [9.17, 15) is 4.39 Å². The number of aryl methyl sites for hydroxylation is 2. The maximum absolute atomic E-state index is 13.2. The van der Waals surface area contributed by atoms with E-state index in [0.717, 1.165) is 11.3 Å². The molecule has 0 atom stereocenters. The molecule has 0 fully saturated rings. The number of rotatable bonds is 1. The standard InChI is InChI=1S/C11H10FNO/c1-7-3-4-9(5-10(7)12)11-8(2)13-6-14-11/h3-6H,1-2H3. The molecule has 0 saturated heterocycles. The summed E-state index contributed by atoms with van der Waals surface area (Å²) in [7, 11) is 0. The van der Waals surface area contributed by atoms with Crippen LogP contribution in [0.4, 0.5) is 4.39 Å². The van der Waals surface area contributed by atoms with E-state index >= 15 is 0 Å². The van der Waals surface area contributed by atoms with Crippen molar-refractivity contribution in [2.45, 2.75) is 13.8 Å². The zero-order valence-corrected chi connectivity index (χ0v) is 8.04. The molecule has 72 valence electrons. The molecule has 1 aromatic heterocycles. The number of oxazole rings is 1. The van der Waals surface area contributed by atoms with Crippen molar-refractivity contribution >= 4 is 0 Å². The van der Waals surface area contributed by atoms with E-state index in [1.807, 2.05) is 13.0 Å². The third-order valence-electron chi connectivity index (χ3n) is 2.18. The third kappa shape index (κ3) is 1.41. The van der Waals surface area contributed by atoms with Gasteiger partial charge in [0.05, 0.1) is 5.69 Å².